The van der Waals surface area contributed by atoms with Gasteiger partial charge in [-0.05, 0) is 49.9 Å². The molecule has 23 heavy (non-hydrogen) atoms. The Bertz CT molecular complexity index is 660. The molecule has 126 valence electrons. The molecule has 1 spiro atoms. The third kappa shape index (κ3) is 3.12. The number of fused-ring (bicyclic) bond motifs is 1. The summed E-state index contributed by atoms with van der Waals surface area (Å²) in [7, 11) is 0. The summed E-state index contributed by atoms with van der Waals surface area (Å²) in [5.74, 6) is 1.24. The predicted molar refractivity (Wildman–Crippen MR) is 97.1 cm³/mol. The number of para-hydroxylation sites is 2. The second-order valence-corrected chi connectivity index (χ2v) is 7.06. The van der Waals surface area contributed by atoms with Gasteiger partial charge < -0.3 is 9.88 Å². The number of hydrogen-bond donors (Lipinski definition) is 1. The van der Waals surface area contributed by atoms with E-state index in [0.29, 0.717) is 5.41 Å². The van der Waals surface area contributed by atoms with Crippen LogP contribution in [0.3, 0.4) is 0 Å². The maximum Gasteiger partial charge on any atom is 0.124 e. The van der Waals surface area contributed by atoms with E-state index in [1.807, 2.05) is 0 Å². The van der Waals surface area contributed by atoms with Gasteiger partial charge in [0.1, 0.15) is 5.82 Å². The quantitative estimate of drug-likeness (QED) is 0.933. The van der Waals surface area contributed by atoms with Crippen molar-refractivity contribution in [3.8, 4) is 0 Å². The molecule has 1 aromatic heterocycles. The molecular weight excluding hydrogens is 308 g/mol. The molecule has 1 N–H and O–H groups in total. The van der Waals surface area contributed by atoms with Crippen LogP contribution >= 0.6 is 12.4 Å². The first-order valence-electron chi connectivity index (χ1n) is 8.67. The zero-order valence-electron chi connectivity index (χ0n) is 13.9. The van der Waals surface area contributed by atoms with Crippen LogP contribution < -0.4 is 5.32 Å². The fourth-order valence-electron chi connectivity index (χ4n) is 4.23. The molecule has 1 aromatic carbocycles. The summed E-state index contributed by atoms with van der Waals surface area (Å²) in [6, 6.07) is 8.55. The second-order valence-electron chi connectivity index (χ2n) is 7.06. The highest BCUT2D eigenvalue weighted by Gasteiger charge is 2.40. The Balaban J connectivity index is 0.00000156. The molecule has 2 aliphatic rings. The molecule has 0 radical (unpaired) electrons. The molecule has 0 amide bonds. The number of aromatic nitrogens is 2. The molecule has 2 aromatic rings. The van der Waals surface area contributed by atoms with E-state index < -0.39 is 0 Å². The van der Waals surface area contributed by atoms with Crippen molar-refractivity contribution in [1.82, 2.24) is 19.8 Å². The topological polar surface area (TPSA) is 33.1 Å². The van der Waals surface area contributed by atoms with Crippen molar-refractivity contribution < 1.29 is 0 Å². The molecule has 0 saturated carbocycles. The fraction of sp³-hybridized carbons (Fsp3) is 0.611. The molecule has 3 heterocycles. The summed E-state index contributed by atoms with van der Waals surface area (Å²) >= 11 is 0. The van der Waals surface area contributed by atoms with Gasteiger partial charge in [0.15, 0.2) is 0 Å². The van der Waals surface area contributed by atoms with Gasteiger partial charge in [-0.1, -0.05) is 19.1 Å². The molecule has 1 unspecified atom stereocenters. The summed E-state index contributed by atoms with van der Waals surface area (Å²) in [4.78, 5) is 7.53. The Morgan fingerprint density at radius 3 is 2.91 bits per heavy atom. The van der Waals surface area contributed by atoms with Crippen LogP contribution in [-0.4, -0.2) is 40.6 Å². The maximum absolute atomic E-state index is 4.92. The molecule has 5 heteroatoms. The summed E-state index contributed by atoms with van der Waals surface area (Å²) in [6.45, 7) is 9.16. The van der Waals surface area contributed by atoms with Crippen molar-refractivity contribution in [2.45, 2.75) is 39.3 Å². The molecule has 4 nitrogen and oxygen atoms in total. The highest BCUT2D eigenvalue weighted by atomic mass is 35.5. The zero-order valence-corrected chi connectivity index (χ0v) is 14.7. The van der Waals surface area contributed by atoms with Gasteiger partial charge in [0, 0.05) is 19.6 Å². The molecule has 4 rings (SSSR count). The SMILES string of the molecule is CCCn1c(CN2CCC3(CCNC3)C2)nc2ccccc21.Cl. The number of imidazole rings is 1. The zero-order chi connectivity index (χ0) is 15.0. The van der Waals surface area contributed by atoms with Gasteiger partial charge in [0.05, 0.1) is 17.6 Å². The minimum absolute atomic E-state index is 0. The number of nitrogens with one attached hydrogen (secondary N) is 1. The van der Waals surface area contributed by atoms with Crippen LogP contribution in [0.15, 0.2) is 24.3 Å². The lowest BCUT2D eigenvalue weighted by Gasteiger charge is -2.22. The summed E-state index contributed by atoms with van der Waals surface area (Å²) in [5.41, 5.74) is 2.97. The first-order chi connectivity index (χ1) is 10.8. The van der Waals surface area contributed by atoms with E-state index in [1.165, 1.54) is 50.4 Å². The third-order valence-corrected chi connectivity index (χ3v) is 5.40. The number of hydrogen-bond acceptors (Lipinski definition) is 3. The number of nitrogens with zero attached hydrogens (tertiary/aromatic N) is 3. The number of aryl methyl sites for hydroxylation is 1. The second kappa shape index (κ2) is 6.80. The maximum atomic E-state index is 4.92. The molecule has 2 fully saturated rings. The monoisotopic (exact) mass is 334 g/mol. The van der Waals surface area contributed by atoms with Crippen LogP contribution in [-0.2, 0) is 13.1 Å². The predicted octanol–water partition coefficient (Wildman–Crippen LogP) is 3.05. The van der Waals surface area contributed by atoms with Crippen LogP contribution in [0.2, 0.25) is 0 Å². The van der Waals surface area contributed by atoms with Crippen molar-refractivity contribution in [3.05, 3.63) is 30.1 Å². The number of benzene rings is 1. The Labute approximate surface area is 144 Å². The van der Waals surface area contributed by atoms with E-state index in [4.69, 9.17) is 4.98 Å². The number of halogens is 1. The van der Waals surface area contributed by atoms with Crippen LogP contribution in [0.25, 0.3) is 11.0 Å². The van der Waals surface area contributed by atoms with Crippen molar-refractivity contribution >= 4 is 23.4 Å². The largest absolute Gasteiger partial charge is 0.327 e. The van der Waals surface area contributed by atoms with Gasteiger partial charge in [-0.3, -0.25) is 4.90 Å². The highest BCUT2D eigenvalue weighted by molar-refractivity contribution is 5.85. The molecule has 1 atom stereocenters. The molecule has 2 saturated heterocycles. The first kappa shape index (κ1) is 16.7. The number of likely N-dealkylation sites (tertiary alicyclic amines) is 1. The minimum atomic E-state index is 0. The van der Waals surface area contributed by atoms with Crippen molar-refractivity contribution in [3.63, 3.8) is 0 Å². The Morgan fingerprint density at radius 2 is 2.13 bits per heavy atom. The van der Waals surface area contributed by atoms with Crippen LogP contribution in [0.5, 0.6) is 0 Å². The van der Waals surface area contributed by atoms with Gasteiger partial charge in [-0.15, -0.1) is 12.4 Å². The van der Waals surface area contributed by atoms with E-state index in [1.54, 1.807) is 0 Å². The molecular formula is C18H27ClN4. The Kier molecular flexibility index (Phi) is 4.95. The normalized spacial score (nSPS) is 24.6. The third-order valence-electron chi connectivity index (χ3n) is 5.40. The van der Waals surface area contributed by atoms with Gasteiger partial charge in [0.2, 0.25) is 0 Å². The smallest absolute Gasteiger partial charge is 0.124 e. The average molecular weight is 335 g/mol. The van der Waals surface area contributed by atoms with Crippen LogP contribution in [0, 0.1) is 5.41 Å². The lowest BCUT2D eigenvalue weighted by Crippen LogP contribution is -2.29. The van der Waals surface area contributed by atoms with Crippen molar-refractivity contribution in [2.24, 2.45) is 5.41 Å². The first-order valence-corrected chi connectivity index (χ1v) is 8.67. The van der Waals surface area contributed by atoms with Crippen molar-refractivity contribution in [1.29, 1.82) is 0 Å². The van der Waals surface area contributed by atoms with Gasteiger partial charge >= 0.3 is 0 Å². The Hall–Kier alpha value is -1.10. The Morgan fingerprint density at radius 1 is 1.26 bits per heavy atom. The molecule has 0 bridgehead atoms. The summed E-state index contributed by atoms with van der Waals surface area (Å²) in [5, 5.41) is 3.55. The van der Waals surface area contributed by atoms with E-state index >= 15 is 0 Å². The molecule has 2 aliphatic heterocycles. The fourth-order valence-corrected chi connectivity index (χ4v) is 4.23. The highest BCUT2D eigenvalue weighted by Crippen LogP contribution is 2.36. The number of rotatable bonds is 4. The lowest BCUT2D eigenvalue weighted by molar-refractivity contribution is 0.261. The lowest BCUT2D eigenvalue weighted by atomic mass is 9.87. The summed E-state index contributed by atoms with van der Waals surface area (Å²) < 4.78 is 2.42. The molecule has 0 aliphatic carbocycles. The van der Waals surface area contributed by atoms with E-state index in [2.05, 4.69) is 46.0 Å². The van der Waals surface area contributed by atoms with Crippen LogP contribution in [0.1, 0.15) is 32.0 Å². The average Bonchev–Trinajstić information content (AvgIpc) is 3.23. The van der Waals surface area contributed by atoms with Crippen molar-refractivity contribution in [2.75, 3.05) is 26.2 Å². The standard InChI is InChI=1S/C18H26N4.ClH/c1-2-10-22-16-6-4-3-5-15(16)20-17(22)12-21-11-8-18(14-21)7-9-19-13-18;/h3-6,19H,2,7-14H2,1H3;1H. The van der Waals surface area contributed by atoms with E-state index in [9.17, 15) is 0 Å². The van der Waals surface area contributed by atoms with Gasteiger partial charge in [0.25, 0.3) is 0 Å². The van der Waals surface area contributed by atoms with E-state index in [-0.39, 0.29) is 12.4 Å². The van der Waals surface area contributed by atoms with Gasteiger partial charge in [-0.2, -0.15) is 0 Å². The summed E-state index contributed by atoms with van der Waals surface area (Å²) in [6.07, 6.45) is 3.84. The van der Waals surface area contributed by atoms with Gasteiger partial charge in [-0.25, -0.2) is 4.98 Å². The van der Waals surface area contributed by atoms with Crippen LogP contribution in [0.4, 0.5) is 0 Å². The van der Waals surface area contributed by atoms with E-state index in [0.717, 1.165) is 25.0 Å². The minimum Gasteiger partial charge on any atom is -0.327 e.